The molecule has 6 nitrogen and oxygen atoms in total. The Balaban J connectivity index is 1.02. The fourth-order valence-electron chi connectivity index (χ4n) is 5.45. The van der Waals surface area contributed by atoms with Gasteiger partial charge in [-0.3, -0.25) is 9.13 Å². The normalized spacial score (nSPS) is 18.9. The zero-order chi connectivity index (χ0) is 22.6. The first kappa shape index (κ1) is 21.8. The fraction of sp³-hybridized carbons (Fsp3) is 0.481. The minimum Gasteiger partial charge on any atom is -0.408 e. The van der Waals surface area contributed by atoms with Gasteiger partial charge in [-0.15, -0.1) is 0 Å². The van der Waals surface area contributed by atoms with Gasteiger partial charge in [0.05, 0.1) is 11.0 Å². The van der Waals surface area contributed by atoms with E-state index in [9.17, 15) is 9.59 Å². The van der Waals surface area contributed by atoms with Crippen LogP contribution in [-0.4, -0.2) is 9.13 Å². The average molecular weight is 449 g/mol. The van der Waals surface area contributed by atoms with Crippen LogP contribution in [0.2, 0.25) is 0 Å². The van der Waals surface area contributed by atoms with E-state index in [-0.39, 0.29) is 11.5 Å². The van der Waals surface area contributed by atoms with Gasteiger partial charge in [0.15, 0.2) is 11.2 Å². The van der Waals surface area contributed by atoms with Crippen molar-refractivity contribution >= 4 is 22.2 Å². The number of hydrogen-bond donors (Lipinski definition) is 0. The first-order valence-electron chi connectivity index (χ1n) is 12.4. The molecule has 6 heteroatoms. The van der Waals surface area contributed by atoms with Gasteiger partial charge < -0.3 is 8.83 Å². The number of aryl methyl sites for hydroxylation is 2. The van der Waals surface area contributed by atoms with Gasteiger partial charge in [0.1, 0.15) is 0 Å². The summed E-state index contributed by atoms with van der Waals surface area (Å²) in [5, 5.41) is 0. The van der Waals surface area contributed by atoms with Crippen LogP contribution in [0.15, 0.2) is 67.0 Å². The summed E-state index contributed by atoms with van der Waals surface area (Å²) in [5.41, 5.74) is 3.15. The molecule has 1 saturated carbocycles. The quantitative estimate of drug-likeness (QED) is 0.296. The molecule has 33 heavy (non-hydrogen) atoms. The maximum Gasteiger partial charge on any atom is 0.419 e. The van der Waals surface area contributed by atoms with E-state index in [1.165, 1.54) is 38.5 Å². The van der Waals surface area contributed by atoms with E-state index in [1.807, 2.05) is 48.5 Å². The Hall–Kier alpha value is -3.02. The second-order valence-electron chi connectivity index (χ2n) is 9.50. The van der Waals surface area contributed by atoms with Crippen molar-refractivity contribution in [1.82, 2.24) is 9.13 Å². The summed E-state index contributed by atoms with van der Waals surface area (Å²) in [6, 6.07) is 15.3. The molecule has 0 bridgehead atoms. The van der Waals surface area contributed by atoms with Crippen molar-refractivity contribution in [1.29, 1.82) is 0 Å². The summed E-state index contributed by atoms with van der Waals surface area (Å²) in [6.07, 6.45) is 10.8. The molecular weight excluding hydrogens is 416 g/mol. The van der Waals surface area contributed by atoms with E-state index >= 15 is 0 Å². The standard InChI is InChI=1S/C27H32N2O4/c30-26-28(22-9-3-5-11-24(22)32-26)18-7-1-2-8-20-13-15-21(16-14-20)17-19-29-23-10-4-6-12-25(23)33-27(29)31/h3-6,9-12,20-21H,1-2,7-8,13-19H2. The van der Waals surface area contributed by atoms with E-state index in [2.05, 4.69) is 0 Å². The topological polar surface area (TPSA) is 70.3 Å². The third kappa shape index (κ3) is 4.85. The van der Waals surface area contributed by atoms with Gasteiger partial charge >= 0.3 is 11.5 Å². The summed E-state index contributed by atoms with van der Waals surface area (Å²) in [4.78, 5) is 24.2. The smallest absolute Gasteiger partial charge is 0.408 e. The molecular formula is C27H32N2O4. The minimum absolute atomic E-state index is 0.240. The molecule has 0 spiro atoms. The van der Waals surface area contributed by atoms with Crippen LogP contribution < -0.4 is 11.5 Å². The van der Waals surface area contributed by atoms with E-state index in [4.69, 9.17) is 8.83 Å². The highest BCUT2D eigenvalue weighted by Crippen LogP contribution is 2.34. The van der Waals surface area contributed by atoms with Crippen molar-refractivity contribution in [3.05, 3.63) is 69.6 Å². The zero-order valence-corrected chi connectivity index (χ0v) is 19.1. The Bertz CT molecular complexity index is 1310. The van der Waals surface area contributed by atoms with Gasteiger partial charge in [0.25, 0.3) is 0 Å². The predicted octanol–water partition coefficient (Wildman–Crippen LogP) is 5.96. The highest BCUT2D eigenvalue weighted by atomic mass is 16.4. The molecule has 0 amide bonds. The summed E-state index contributed by atoms with van der Waals surface area (Å²) < 4.78 is 14.2. The molecule has 174 valence electrons. The fourth-order valence-corrected chi connectivity index (χ4v) is 5.45. The summed E-state index contributed by atoms with van der Waals surface area (Å²) in [7, 11) is 0. The Morgan fingerprint density at radius 1 is 0.636 bits per heavy atom. The maximum atomic E-state index is 12.2. The van der Waals surface area contributed by atoms with E-state index in [1.54, 1.807) is 9.13 Å². The van der Waals surface area contributed by atoms with Crippen molar-refractivity contribution in [3.63, 3.8) is 0 Å². The van der Waals surface area contributed by atoms with Crippen LogP contribution in [0, 0.1) is 11.8 Å². The monoisotopic (exact) mass is 448 g/mol. The number of aromatic nitrogens is 2. The lowest BCUT2D eigenvalue weighted by molar-refractivity contribution is 0.241. The lowest BCUT2D eigenvalue weighted by Crippen LogP contribution is -2.20. The van der Waals surface area contributed by atoms with Gasteiger partial charge in [0.2, 0.25) is 0 Å². The molecule has 0 aliphatic heterocycles. The second-order valence-corrected chi connectivity index (χ2v) is 9.50. The first-order valence-corrected chi connectivity index (χ1v) is 12.4. The first-order chi connectivity index (χ1) is 16.2. The lowest BCUT2D eigenvalue weighted by Gasteiger charge is -2.28. The number of fused-ring (bicyclic) bond motifs is 2. The van der Waals surface area contributed by atoms with E-state index in [0.29, 0.717) is 17.1 Å². The maximum absolute atomic E-state index is 12.2. The lowest BCUT2D eigenvalue weighted by atomic mass is 9.78. The number of rotatable bonds is 9. The molecule has 4 aromatic rings. The molecule has 0 saturated heterocycles. The van der Waals surface area contributed by atoms with Gasteiger partial charge in [-0.2, -0.15) is 0 Å². The van der Waals surface area contributed by atoms with Gasteiger partial charge in [-0.1, -0.05) is 69.2 Å². The molecule has 1 aliphatic rings. The highest BCUT2D eigenvalue weighted by Gasteiger charge is 2.21. The van der Waals surface area contributed by atoms with Crippen LogP contribution in [0.3, 0.4) is 0 Å². The molecule has 1 aliphatic carbocycles. The molecule has 2 heterocycles. The largest absolute Gasteiger partial charge is 0.419 e. The number of unbranched alkanes of at least 4 members (excludes halogenated alkanes) is 2. The van der Waals surface area contributed by atoms with Crippen molar-refractivity contribution in [2.75, 3.05) is 0 Å². The van der Waals surface area contributed by atoms with Crippen LogP contribution in [0.1, 0.15) is 57.8 Å². The molecule has 5 rings (SSSR count). The summed E-state index contributed by atoms with van der Waals surface area (Å²) in [5.74, 6) is 1.02. The predicted molar refractivity (Wildman–Crippen MR) is 129 cm³/mol. The molecule has 0 unspecified atom stereocenters. The summed E-state index contributed by atoms with van der Waals surface area (Å²) in [6.45, 7) is 1.47. The second kappa shape index (κ2) is 9.86. The third-order valence-electron chi connectivity index (χ3n) is 7.37. The van der Waals surface area contributed by atoms with E-state index < -0.39 is 0 Å². The third-order valence-corrected chi connectivity index (χ3v) is 7.37. The van der Waals surface area contributed by atoms with Crippen molar-refractivity contribution in [2.24, 2.45) is 11.8 Å². The Kier molecular flexibility index (Phi) is 6.51. The number of para-hydroxylation sites is 4. The molecule has 0 radical (unpaired) electrons. The average Bonchev–Trinajstić information content (AvgIpc) is 3.33. The van der Waals surface area contributed by atoms with Crippen LogP contribution >= 0.6 is 0 Å². The van der Waals surface area contributed by atoms with Crippen molar-refractivity contribution in [2.45, 2.75) is 70.9 Å². The molecule has 2 aromatic carbocycles. The minimum atomic E-state index is -0.250. The number of benzene rings is 2. The van der Waals surface area contributed by atoms with Crippen LogP contribution in [0.5, 0.6) is 0 Å². The summed E-state index contributed by atoms with van der Waals surface area (Å²) >= 11 is 0. The van der Waals surface area contributed by atoms with Crippen molar-refractivity contribution < 1.29 is 8.83 Å². The molecule has 0 N–H and O–H groups in total. The molecule has 0 atom stereocenters. The molecule has 2 aromatic heterocycles. The SMILES string of the molecule is O=c1oc2ccccc2n1CCCCCC1CCC(CCn2c(=O)oc3ccccc32)CC1. The van der Waals surface area contributed by atoms with Crippen molar-refractivity contribution in [3.8, 4) is 0 Å². The van der Waals surface area contributed by atoms with Crippen LogP contribution in [0.4, 0.5) is 0 Å². The van der Waals surface area contributed by atoms with Gasteiger partial charge in [0, 0.05) is 13.1 Å². The van der Waals surface area contributed by atoms with Gasteiger partial charge in [-0.25, -0.2) is 9.59 Å². The highest BCUT2D eigenvalue weighted by molar-refractivity contribution is 5.73. The molecule has 1 fully saturated rings. The number of oxazole rings is 2. The zero-order valence-electron chi connectivity index (χ0n) is 19.1. The van der Waals surface area contributed by atoms with Crippen LogP contribution in [0.25, 0.3) is 22.2 Å². The number of hydrogen-bond acceptors (Lipinski definition) is 4. The Morgan fingerprint density at radius 3 is 1.76 bits per heavy atom. The number of nitrogens with zero attached hydrogens (tertiary/aromatic N) is 2. The van der Waals surface area contributed by atoms with E-state index in [0.717, 1.165) is 49.3 Å². The van der Waals surface area contributed by atoms with Gasteiger partial charge in [-0.05, 0) is 48.9 Å². The Labute approximate surface area is 192 Å². The Morgan fingerprint density at radius 2 is 1.15 bits per heavy atom. The van der Waals surface area contributed by atoms with Crippen LogP contribution in [-0.2, 0) is 13.1 Å².